The molecule has 4 heteroatoms. The highest BCUT2D eigenvalue weighted by Crippen LogP contribution is 2.20. The number of ether oxygens (including phenoxy) is 1. The second kappa shape index (κ2) is 30.9. The Bertz CT molecular complexity index is 539. The second-order valence-electron chi connectivity index (χ2n) is 12.6. The number of carbonyl (C=O) groups is 1. The summed E-state index contributed by atoms with van der Waals surface area (Å²) in [5.74, 6) is 0. The summed E-state index contributed by atoms with van der Waals surface area (Å²) in [4.78, 5) is 16.0. The Morgan fingerprint density at radius 3 is 1.52 bits per heavy atom. The highest BCUT2D eigenvalue weighted by atomic mass is 16.6. The predicted molar refractivity (Wildman–Crippen MR) is 177 cm³/mol. The van der Waals surface area contributed by atoms with E-state index in [9.17, 15) is 4.79 Å². The van der Waals surface area contributed by atoms with Gasteiger partial charge in [0.25, 0.3) is 0 Å². The average molecular weight is 565 g/mol. The summed E-state index contributed by atoms with van der Waals surface area (Å²) in [5, 5.41) is 0. The lowest BCUT2D eigenvalue weighted by Gasteiger charge is -2.17. The highest BCUT2D eigenvalue weighted by Gasteiger charge is 2.09. The molecule has 0 saturated heterocycles. The van der Waals surface area contributed by atoms with Crippen LogP contribution in [0.15, 0.2) is 11.6 Å². The Kier molecular flexibility index (Phi) is 30.1. The lowest BCUT2D eigenvalue weighted by Crippen LogP contribution is -2.29. The summed E-state index contributed by atoms with van der Waals surface area (Å²) in [6.07, 6.45) is 35.6. The lowest BCUT2D eigenvalue weighted by atomic mass is 9.97. The topological polar surface area (TPSA) is 32.8 Å². The molecule has 0 aromatic heterocycles. The van der Waals surface area contributed by atoms with Gasteiger partial charge in [0.2, 0.25) is 0 Å². The Morgan fingerprint density at radius 1 is 0.550 bits per heavy atom. The van der Waals surface area contributed by atoms with Gasteiger partial charge in [-0.2, -0.15) is 0 Å². The summed E-state index contributed by atoms with van der Waals surface area (Å²) in [6.45, 7) is 7.00. The molecule has 0 aromatic carbocycles. The van der Waals surface area contributed by atoms with E-state index in [0.29, 0.717) is 6.61 Å². The minimum absolute atomic E-state index is 0.167. The third kappa shape index (κ3) is 28.5. The highest BCUT2D eigenvalue weighted by molar-refractivity contribution is 5.67. The van der Waals surface area contributed by atoms with Gasteiger partial charge in [-0.1, -0.05) is 128 Å². The average Bonchev–Trinajstić information content (AvgIpc) is 2.94. The summed E-state index contributed by atoms with van der Waals surface area (Å²) in [6, 6.07) is 0. The number of unbranched alkanes of at least 4 members (excludes halogenated alkanes) is 19. The number of carbonyl (C=O) groups excluding carboxylic acids is 1. The van der Waals surface area contributed by atoms with Crippen LogP contribution in [0.1, 0.15) is 174 Å². The standard InChI is InChI=1S/C36H72N2O2/c1-6-8-10-12-14-16-19-23-29-35(30-24-20-17-15-13-11-9-7-2)31-25-21-18-22-28-34-40-36(39)38(5)33-27-26-32-37(3)4/h31H,6-30,32-34H2,1-5H3. The molecular weight excluding hydrogens is 492 g/mol. The molecule has 0 aromatic rings. The van der Waals surface area contributed by atoms with E-state index in [4.69, 9.17) is 4.74 Å². The van der Waals surface area contributed by atoms with Crippen molar-refractivity contribution in [2.75, 3.05) is 40.8 Å². The quantitative estimate of drug-likeness (QED) is 0.0642. The molecule has 0 unspecified atom stereocenters. The van der Waals surface area contributed by atoms with Gasteiger partial charge in [0.05, 0.1) is 6.61 Å². The summed E-state index contributed by atoms with van der Waals surface area (Å²) >= 11 is 0. The maximum atomic E-state index is 12.1. The molecule has 0 aliphatic rings. The van der Waals surface area contributed by atoms with E-state index in [1.54, 1.807) is 10.5 Å². The Balaban J connectivity index is 4.08. The zero-order valence-electron chi connectivity index (χ0n) is 28.1. The molecule has 0 fully saturated rings. The van der Waals surface area contributed by atoms with Crippen molar-refractivity contribution in [2.24, 2.45) is 0 Å². The number of hydrogen-bond acceptors (Lipinski definition) is 3. The fourth-order valence-electron chi connectivity index (χ4n) is 5.35. The summed E-state index contributed by atoms with van der Waals surface area (Å²) < 4.78 is 5.47. The van der Waals surface area contributed by atoms with Crippen LogP contribution in [0, 0.1) is 0 Å². The third-order valence-corrected chi connectivity index (χ3v) is 8.12. The number of nitrogens with zero attached hydrogens (tertiary/aromatic N) is 2. The van der Waals surface area contributed by atoms with Crippen LogP contribution < -0.4 is 0 Å². The van der Waals surface area contributed by atoms with Crippen LogP contribution in [0.2, 0.25) is 0 Å². The van der Waals surface area contributed by atoms with Crippen LogP contribution in [-0.4, -0.2) is 56.7 Å². The normalized spacial score (nSPS) is 11.2. The molecule has 40 heavy (non-hydrogen) atoms. The smallest absolute Gasteiger partial charge is 0.409 e. The van der Waals surface area contributed by atoms with Crippen molar-refractivity contribution in [3.63, 3.8) is 0 Å². The van der Waals surface area contributed by atoms with E-state index < -0.39 is 0 Å². The first-order valence-corrected chi connectivity index (χ1v) is 17.7. The largest absolute Gasteiger partial charge is 0.449 e. The molecule has 238 valence electrons. The maximum Gasteiger partial charge on any atom is 0.409 e. The van der Waals surface area contributed by atoms with Crippen molar-refractivity contribution in [3.05, 3.63) is 11.6 Å². The Hall–Kier alpha value is -1.03. The van der Waals surface area contributed by atoms with Gasteiger partial charge >= 0.3 is 6.09 Å². The van der Waals surface area contributed by atoms with Gasteiger partial charge in [-0.3, -0.25) is 0 Å². The van der Waals surface area contributed by atoms with Crippen molar-refractivity contribution >= 4 is 6.09 Å². The molecule has 0 aliphatic carbocycles. The third-order valence-electron chi connectivity index (χ3n) is 8.12. The van der Waals surface area contributed by atoms with E-state index in [2.05, 4.69) is 38.9 Å². The molecule has 0 N–H and O–H groups in total. The fourth-order valence-corrected chi connectivity index (χ4v) is 5.35. The number of rotatable bonds is 30. The van der Waals surface area contributed by atoms with E-state index in [1.807, 2.05) is 7.05 Å². The van der Waals surface area contributed by atoms with Crippen LogP contribution in [0.3, 0.4) is 0 Å². The first-order valence-electron chi connectivity index (χ1n) is 17.7. The van der Waals surface area contributed by atoms with Crippen LogP contribution in [0.5, 0.6) is 0 Å². The van der Waals surface area contributed by atoms with Crippen molar-refractivity contribution in [2.45, 2.75) is 174 Å². The number of hydrogen-bond donors (Lipinski definition) is 0. The molecule has 0 bridgehead atoms. The second-order valence-corrected chi connectivity index (χ2v) is 12.6. The number of allylic oxidation sites excluding steroid dienone is 2. The van der Waals surface area contributed by atoms with E-state index in [1.165, 1.54) is 135 Å². The molecule has 0 rings (SSSR count). The Labute approximate surface area is 252 Å². The first-order chi connectivity index (χ1) is 19.5. The minimum Gasteiger partial charge on any atom is -0.449 e. The van der Waals surface area contributed by atoms with Crippen molar-refractivity contribution in [1.82, 2.24) is 9.80 Å². The maximum absolute atomic E-state index is 12.1. The molecule has 0 radical (unpaired) electrons. The molecule has 4 nitrogen and oxygen atoms in total. The van der Waals surface area contributed by atoms with Crippen molar-refractivity contribution in [1.29, 1.82) is 0 Å². The summed E-state index contributed by atoms with van der Waals surface area (Å²) in [5.41, 5.74) is 1.74. The zero-order chi connectivity index (χ0) is 29.5. The summed E-state index contributed by atoms with van der Waals surface area (Å²) in [7, 11) is 6.02. The SMILES string of the molecule is CCCCCCCCCCC(=CCCCCCCOC(=O)N(C)CCCCN(C)C)CCCCCCCCCC. The van der Waals surface area contributed by atoms with Gasteiger partial charge < -0.3 is 14.5 Å². The Morgan fingerprint density at radius 2 is 1.00 bits per heavy atom. The molecule has 0 aliphatic heterocycles. The zero-order valence-corrected chi connectivity index (χ0v) is 28.1. The van der Waals surface area contributed by atoms with Gasteiger partial charge in [-0.05, 0) is 78.4 Å². The van der Waals surface area contributed by atoms with E-state index in [-0.39, 0.29) is 6.09 Å². The van der Waals surface area contributed by atoms with Gasteiger partial charge in [0, 0.05) is 13.6 Å². The number of amides is 1. The van der Waals surface area contributed by atoms with Crippen LogP contribution in [-0.2, 0) is 4.74 Å². The van der Waals surface area contributed by atoms with Crippen LogP contribution in [0.25, 0.3) is 0 Å². The molecule has 1 amide bonds. The molecule has 0 saturated carbocycles. The van der Waals surface area contributed by atoms with Crippen molar-refractivity contribution < 1.29 is 9.53 Å². The molecule has 0 spiro atoms. The van der Waals surface area contributed by atoms with Crippen LogP contribution in [0.4, 0.5) is 4.79 Å². The minimum atomic E-state index is -0.167. The van der Waals surface area contributed by atoms with E-state index >= 15 is 0 Å². The molecular formula is C36H72N2O2. The van der Waals surface area contributed by atoms with Gasteiger partial charge in [-0.15, -0.1) is 0 Å². The predicted octanol–water partition coefficient (Wildman–Crippen LogP) is 11.3. The fraction of sp³-hybridized carbons (Fsp3) is 0.917. The molecule has 0 heterocycles. The lowest BCUT2D eigenvalue weighted by molar-refractivity contribution is 0.108. The monoisotopic (exact) mass is 565 g/mol. The first kappa shape index (κ1) is 39.0. The van der Waals surface area contributed by atoms with Gasteiger partial charge in [0.1, 0.15) is 0 Å². The molecule has 0 atom stereocenters. The van der Waals surface area contributed by atoms with Crippen LogP contribution >= 0.6 is 0 Å². The van der Waals surface area contributed by atoms with Gasteiger partial charge in [-0.25, -0.2) is 4.79 Å². The van der Waals surface area contributed by atoms with Crippen molar-refractivity contribution in [3.8, 4) is 0 Å². The van der Waals surface area contributed by atoms with Gasteiger partial charge in [0.15, 0.2) is 0 Å². The van der Waals surface area contributed by atoms with E-state index in [0.717, 1.165) is 38.8 Å².